The molecule has 0 radical (unpaired) electrons. The summed E-state index contributed by atoms with van der Waals surface area (Å²) < 4.78 is 0. The van der Waals surface area contributed by atoms with E-state index in [2.05, 4.69) is 24.4 Å². The van der Waals surface area contributed by atoms with Gasteiger partial charge in [-0.1, -0.05) is 11.6 Å². The van der Waals surface area contributed by atoms with E-state index in [-0.39, 0.29) is 11.9 Å². The molecule has 1 amide bonds. The van der Waals surface area contributed by atoms with Gasteiger partial charge in [0.2, 0.25) is 0 Å². The molecule has 3 nitrogen and oxygen atoms in total. The summed E-state index contributed by atoms with van der Waals surface area (Å²) in [5, 5.41) is 3.46. The molecule has 0 fully saturated rings. The van der Waals surface area contributed by atoms with E-state index in [4.69, 9.17) is 17.3 Å². The minimum Gasteiger partial charge on any atom is -0.398 e. The van der Waals surface area contributed by atoms with Crippen LogP contribution in [0.3, 0.4) is 0 Å². The van der Waals surface area contributed by atoms with Crippen LogP contribution >= 0.6 is 22.9 Å². The lowest BCUT2D eigenvalue weighted by Gasteiger charge is -2.14. The number of halogens is 1. The Bertz CT molecular complexity index is 624. The van der Waals surface area contributed by atoms with Crippen molar-refractivity contribution in [1.29, 1.82) is 0 Å². The molecule has 0 aliphatic heterocycles. The van der Waals surface area contributed by atoms with Gasteiger partial charge in [0.05, 0.1) is 5.56 Å². The molecule has 0 saturated carbocycles. The van der Waals surface area contributed by atoms with Crippen molar-refractivity contribution in [3.8, 4) is 0 Å². The van der Waals surface area contributed by atoms with Crippen LogP contribution in [0.25, 0.3) is 0 Å². The van der Waals surface area contributed by atoms with Gasteiger partial charge in [-0.15, -0.1) is 11.3 Å². The highest BCUT2D eigenvalue weighted by atomic mass is 35.5. The lowest BCUT2D eigenvalue weighted by molar-refractivity contribution is 0.0941. The quantitative estimate of drug-likeness (QED) is 0.847. The fourth-order valence-corrected chi connectivity index (χ4v) is 3.17. The molecule has 5 heteroatoms. The average Bonchev–Trinajstić information content (AvgIpc) is 2.77. The number of hydrogen-bond donors (Lipinski definition) is 2. The third kappa shape index (κ3) is 3.74. The maximum absolute atomic E-state index is 12.2. The number of aryl methyl sites for hydroxylation is 1. The summed E-state index contributed by atoms with van der Waals surface area (Å²) in [5.41, 5.74) is 6.66. The average molecular weight is 309 g/mol. The molecule has 3 N–H and O–H groups in total. The molecule has 106 valence electrons. The number of nitrogen functional groups attached to an aromatic ring is 1. The molecular weight excluding hydrogens is 292 g/mol. The molecule has 1 aromatic heterocycles. The first kappa shape index (κ1) is 14.9. The molecule has 0 bridgehead atoms. The molecule has 20 heavy (non-hydrogen) atoms. The number of carbonyl (C=O) groups excluding carboxylic acids is 1. The predicted molar refractivity (Wildman–Crippen MR) is 85.6 cm³/mol. The van der Waals surface area contributed by atoms with Crippen LogP contribution in [-0.4, -0.2) is 11.9 Å². The summed E-state index contributed by atoms with van der Waals surface area (Å²) in [6.07, 6.45) is 0.810. The Labute approximate surface area is 127 Å². The fourth-order valence-electron chi connectivity index (χ4n) is 1.97. The van der Waals surface area contributed by atoms with Crippen LogP contribution in [0, 0.1) is 6.92 Å². The maximum Gasteiger partial charge on any atom is 0.253 e. The number of thiophene rings is 1. The minimum absolute atomic E-state index is 0.0407. The normalized spacial score (nSPS) is 12.2. The summed E-state index contributed by atoms with van der Waals surface area (Å²) in [7, 11) is 0. The molecule has 2 aromatic rings. The Morgan fingerprint density at radius 2 is 2.15 bits per heavy atom. The number of anilines is 1. The molecule has 1 aromatic carbocycles. The number of nitrogens with one attached hydrogen (secondary N) is 1. The van der Waals surface area contributed by atoms with E-state index < -0.39 is 0 Å². The Morgan fingerprint density at radius 3 is 2.80 bits per heavy atom. The summed E-state index contributed by atoms with van der Waals surface area (Å²) in [5.74, 6) is -0.189. The highest BCUT2D eigenvalue weighted by Crippen LogP contribution is 2.19. The highest BCUT2D eigenvalue weighted by molar-refractivity contribution is 7.11. The SMILES string of the molecule is Cc1ccc(CC(C)NC(=O)c2cc(Cl)ccc2N)s1. The van der Waals surface area contributed by atoms with Crippen LogP contribution in [0.1, 0.15) is 27.0 Å². The number of amides is 1. The van der Waals surface area contributed by atoms with E-state index in [0.29, 0.717) is 16.3 Å². The fraction of sp³-hybridized carbons (Fsp3) is 0.267. The number of nitrogens with two attached hydrogens (primary N) is 1. The number of carbonyl (C=O) groups is 1. The zero-order valence-corrected chi connectivity index (χ0v) is 13.0. The topological polar surface area (TPSA) is 55.1 Å². The summed E-state index contributed by atoms with van der Waals surface area (Å²) >= 11 is 7.64. The van der Waals surface area contributed by atoms with Gasteiger partial charge in [-0.3, -0.25) is 4.79 Å². The second-order valence-corrected chi connectivity index (χ2v) is 6.63. The minimum atomic E-state index is -0.189. The van der Waals surface area contributed by atoms with Crippen LogP contribution in [0.4, 0.5) is 5.69 Å². The first-order valence-electron chi connectivity index (χ1n) is 6.37. The van der Waals surface area contributed by atoms with Crippen molar-refractivity contribution in [2.75, 3.05) is 5.73 Å². The van der Waals surface area contributed by atoms with Crippen LogP contribution in [0.2, 0.25) is 5.02 Å². The van der Waals surface area contributed by atoms with Gasteiger partial charge >= 0.3 is 0 Å². The smallest absolute Gasteiger partial charge is 0.253 e. The van der Waals surface area contributed by atoms with Gasteiger partial charge in [-0.05, 0) is 44.2 Å². The van der Waals surface area contributed by atoms with Gasteiger partial charge in [0.1, 0.15) is 0 Å². The van der Waals surface area contributed by atoms with Crippen LogP contribution in [-0.2, 0) is 6.42 Å². The molecule has 1 unspecified atom stereocenters. The predicted octanol–water partition coefficient (Wildman–Crippen LogP) is 3.65. The molecule has 0 aliphatic rings. The molecule has 1 atom stereocenters. The van der Waals surface area contributed by atoms with E-state index >= 15 is 0 Å². The molecule has 1 heterocycles. The standard InChI is InChI=1S/C15H17ClN2OS/c1-9(7-12-5-3-10(2)20-12)18-15(19)13-8-11(16)4-6-14(13)17/h3-6,8-9H,7,17H2,1-2H3,(H,18,19). The van der Waals surface area contributed by atoms with Crippen molar-refractivity contribution in [2.45, 2.75) is 26.3 Å². The van der Waals surface area contributed by atoms with E-state index in [9.17, 15) is 4.79 Å². The van der Waals surface area contributed by atoms with Crippen molar-refractivity contribution in [2.24, 2.45) is 0 Å². The van der Waals surface area contributed by atoms with E-state index in [0.717, 1.165) is 6.42 Å². The monoisotopic (exact) mass is 308 g/mol. The molecular formula is C15H17ClN2OS. The summed E-state index contributed by atoms with van der Waals surface area (Å²) in [6.45, 7) is 4.05. The first-order valence-corrected chi connectivity index (χ1v) is 7.56. The molecule has 0 spiro atoms. The van der Waals surface area contributed by atoms with Gasteiger partial charge in [0.25, 0.3) is 5.91 Å². The van der Waals surface area contributed by atoms with Crippen molar-refractivity contribution >= 4 is 34.5 Å². The molecule has 0 saturated heterocycles. The number of benzene rings is 1. The van der Waals surface area contributed by atoms with Gasteiger partial charge in [0.15, 0.2) is 0 Å². The third-order valence-electron chi connectivity index (χ3n) is 2.94. The molecule has 2 rings (SSSR count). The second-order valence-electron chi connectivity index (χ2n) is 4.82. The zero-order valence-electron chi connectivity index (χ0n) is 11.4. The Balaban J connectivity index is 2.02. The zero-order chi connectivity index (χ0) is 14.7. The van der Waals surface area contributed by atoms with E-state index in [1.807, 2.05) is 6.92 Å². The van der Waals surface area contributed by atoms with Crippen molar-refractivity contribution < 1.29 is 4.79 Å². The largest absolute Gasteiger partial charge is 0.398 e. The third-order valence-corrected chi connectivity index (χ3v) is 4.20. The number of hydrogen-bond acceptors (Lipinski definition) is 3. The Kier molecular flexibility index (Phi) is 4.68. The van der Waals surface area contributed by atoms with Gasteiger partial charge in [-0.25, -0.2) is 0 Å². The lowest BCUT2D eigenvalue weighted by Crippen LogP contribution is -2.34. The van der Waals surface area contributed by atoms with Crippen molar-refractivity contribution in [1.82, 2.24) is 5.32 Å². The van der Waals surface area contributed by atoms with E-state index in [1.165, 1.54) is 9.75 Å². The molecule has 0 aliphatic carbocycles. The van der Waals surface area contributed by atoms with E-state index in [1.54, 1.807) is 29.5 Å². The second kappa shape index (κ2) is 6.29. The number of rotatable bonds is 4. The highest BCUT2D eigenvalue weighted by Gasteiger charge is 2.14. The van der Waals surface area contributed by atoms with Crippen molar-refractivity contribution in [3.05, 3.63) is 50.7 Å². The Hall–Kier alpha value is -1.52. The Morgan fingerprint density at radius 1 is 1.40 bits per heavy atom. The summed E-state index contributed by atoms with van der Waals surface area (Å²) in [4.78, 5) is 14.7. The van der Waals surface area contributed by atoms with Gasteiger partial charge < -0.3 is 11.1 Å². The van der Waals surface area contributed by atoms with Crippen molar-refractivity contribution in [3.63, 3.8) is 0 Å². The first-order chi connectivity index (χ1) is 9.45. The van der Waals surface area contributed by atoms with Gasteiger partial charge in [0, 0.05) is 32.9 Å². The van der Waals surface area contributed by atoms with Crippen LogP contribution < -0.4 is 11.1 Å². The van der Waals surface area contributed by atoms with Gasteiger partial charge in [-0.2, -0.15) is 0 Å². The maximum atomic E-state index is 12.2. The summed E-state index contributed by atoms with van der Waals surface area (Å²) in [6, 6.07) is 9.13. The lowest BCUT2D eigenvalue weighted by atomic mass is 10.1. The van der Waals surface area contributed by atoms with Crippen LogP contribution in [0.5, 0.6) is 0 Å². The van der Waals surface area contributed by atoms with Crippen LogP contribution in [0.15, 0.2) is 30.3 Å².